The Morgan fingerprint density at radius 2 is 1.13 bits per heavy atom. The van der Waals surface area contributed by atoms with Crippen molar-refractivity contribution >= 4 is 0 Å². The maximum absolute atomic E-state index is 13.6. The number of benzene rings is 1. The smallest absolute Gasteiger partial charge is 0.194 e. The quantitative estimate of drug-likeness (QED) is 0.239. The van der Waals surface area contributed by atoms with Gasteiger partial charge in [-0.05, 0) is 79.9 Å². The Morgan fingerprint density at radius 3 is 1.68 bits per heavy atom. The first-order chi connectivity index (χ1) is 15.1. The average molecular weight is 437 g/mol. The summed E-state index contributed by atoms with van der Waals surface area (Å²) in [6, 6.07) is 2.42. The van der Waals surface area contributed by atoms with E-state index < -0.39 is 17.5 Å². The second-order valence-electron chi connectivity index (χ2n) is 10.5. The van der Waals surface area contributed by atoms with E-state index in [1.807, 2.05) is 0 Å². The van der Waals surface area contributed by atoms with Crippen LogP contribution in [0.15, 0.2) is 12.1 Å². The lowest BCUT2D eigenvalue weighted by molar-refractivity contribution is 0.155. The minimum Gasteiger partial charge on any atom is -0.204 e. The summed E-state index contributed by atoms with van der Waals surface area (Å²) in [6.45, 7) is 2.28. The molecule has 0 spiro atoms. The highest BCUT2D eigenvalue weighted by molar-refractivity contribution is 5.23. The summed E-state index contributed by atoms with van der Waals surface area (Å²) >= 11 is 0. The van der Waals surface area contributed by atoms with Gasteiger partial charge in [-0.1, -0.05) is 77.6 Å². The molecule has 2 aliphatic carbocycles. The average Bonchev–Trinajstić information content (AvgIpc) is 2.79. The van der Waals surface area contributed by atoms with Gasteiger partial charge in [0.05, 0.1) is 0 Å². The lowest BCUT2D eigenvalue weighted by Crippen LogP contribution is -2.25. The predicted molar refractivity (Wildman–Crippen MR) is 124 cm³/mol. The molecule has 1 aromatic carbocycles. The number of hydrogen-bond acceptors (Lipinski definition) is 0. The fraction of sp³-hybridized carbons (Fsp3) is 0.786. The molecule has 0 radical (unpaired) electrons. The molecular weight excluding hydrogens is 393 g/mol. The van der Waals surface area contributed by atoms with Crippen molar-refractivity contribution in [1.82, 2.24) is 0 Å². The normalized spacial score (nSPS) is 26.8. The molecule has 0 amide bonds. The van der Waals surface area contributed by atoms with E-state index in [2.05, 4.69) is 6.92 Å². The predicted octanol–water partition coefficient (Wildman–Crippen LogP) is 9.71. The van der Waals surface area contributed by atoms with Crippen LogP contribution in [0.4, 0.5) is 13.2 Å². The van der Waals surface area contributed by atoms with E-state index in [1.54, 1.807) is 0 Å². The highest BCUT2D eigenvalue weighted by atomic mass is 19.2. The summed E-state index contributed by atoms with van der Waals surface area (Å²) in [5.41, 5.74) is 0.643. The van der Waals surface area contributed by atoms with Gasteiger partial charge in [-0.15, -0.1) is 0 Å². The van der Waals surface area contributed by atoms with Gasteiger partial charge in [0.1, 0.15) is 0 Å². The van der Waals surface area contributed by atoms with Crippen molar-refractivity contribution in [3.63, 3.8) is 0 Å². The first-order valence-corrected chi connectivity index (χ1v) is 13.2. The van der Waals surface area contributed by atoms with E-state index in [1.165, 1.54) is 95.6 Å². The Labute approximate surface area is 188 Å². The van der Waals surface area contributed by atoms with Crippen molar-refractivity contribution in [3.05, 3.63) is 35.1 Å². The number of hydrogen-bond donors (Lipinski definition) is 0. The van der Waals surface area contributed by atoms with Crippen molar-refractivity contribution in [3.8, 4) is 0 Å². The van der Waals surface area contributed by atoms with Gasteiger partial charge in [0.2, 0.25) is 0 Å². The molecule has 3 heteroatoms. The first kappa shape index (κ1) is 24.6. The molecule has 0 N–H and O–H groups in total. The van der Waals surface area contributed by atoms with Gasteiger partial charge in [0.25, 0.3) is 0 Å². The molecule has 3 rings (SSSR count). The summed E-state index contributed by atoms with van der Waals surface area (Å²) < 4.78 is 40.4. The van der Waals surface area contributed by atoms with E-state index in [4.69, 9.17) is 0 Å². The minimum absolute atomic E-state index is 0.180. The lowest BCUT2D eigenvalue weighted by Gasteiger charge is -2.38. The Kier molecular flexibility index (Phi) is 10.3. The zero-order valence-electron chi connectivity index (χ0n) is 19.6. The van der Waals surface area contributed by atoms with Crippen LogP contribution >= 0.6 is 0 Å². The molecule has 0 nitrogen and oxygen atoms in total. The number of rotatable bonds is 11. The van der Waals surface area contributed by atoms with Crippen LogP contribution in [-0.4, -0.2) is 0 Å². The molecule has 31 heavy (non-hydrogen) atoms. The molecule has 0 saturated heterocycles. The molecule has 2 aliphatic rings. The summed E-state index contributed by atoms with van der Waals surface area (Å²) in [5, 5.41) is 0. The van der Waals surface area contributed by atoms with E-state index in [9.17, 15) is 13.2 Å². The fourth-order valence-electron chi connectivity index (χ4n) is 6.25. The van der Waals surface area contributed by atoms with Crippen LogP contribution in [0.1, 0.15) is 128 Å². The van der Waals surface area contributed by atoms with E-state index >= 15 is 0 Å². The summed E-state index contributed by atoms with van der Waals surface area (Å²) in [5.74, 6) is -0.704. The molecule has 0 aliphatic heterocycles. The summed E-state index contributed by atoms with van der Waals surface area (Å²) in [7, 11) is 0. The molecule has 0 heterocycles. The monoisotopic (exact) mass is 436 g/mol. The molecule has 176 valence electrons. The Hall–Kier alpha value is -0.990. The fourth-order valence-corrected chi connectivity index (χ4v) is 6.25. The third-order valence-electron chi connectivity index (χ3n) is 8.27. The lowest BCUT2D eigenvalue weighted by atomic mass is 9.68. The van der Waals surface area contributed by atoms with Gasteiger partial charge in [-0.3, -0.25) is 0 Å². The molecule has 0 bridgehead atoms. The molecule has 0 unspecified atom stereocenters. The van der Waals surface area contributed by atoms with Crippen molar-refractivity contribution in [1.29, 1.82) is 0 Å². The van der Waals surface area contributed by atoms with Gasteiger partial charge in [-0.2, -0.15) is 0 Å². The molecule has 1 aromatic rings. The highest BCUT2D eigenvalue weighted by Crippen LogP contribution is 2.44. The molecule has 0 atom stereocenters. The largest absolute Gasteiger partial charge is 0.204 e. The van der Waals surface area contributed by atoms with Crippen LogP contribution in [0.3, 0.4) is 0 Å². The Morgan fingerprint density at radius 1 is 0.645 bits per heavy atom. The highest BCUT2D eigenvalue weighted by Gasteiger charge is 2.31. The van der Waals surface area contributed by atoms with Crippen LogP contribution < -0.4 is 0 Å². The van der Waals surface area contributed by atoms with Gasteiger partial charge in [0, 0.05) is 0 Å². The van der Waals surface area contributed by atoms with Crippen molar-refractivity contribution in [2.75, 3.05) is 0 Å². The first-order valence-electron chi connectivity index (χ1n) is 13.2. The summed E-state index contributed by atoms with van der Waals surface area (Å²) in [4.78, 5) is 0. The van der Waals surface area contributed by atoms with Gasteiger partial charge in [0.15, 0.2) is 17.5 Å². The molecular formula is C28H43F3. The van der Waals surface area contributed by atoms with E-state index in [0.29, 0.717) is 5.56 Å². The van der Waals surface area contributed by atoms with Crippen molar-refractivity contribution in [2.24, 2.45) is 17.8 Å². The van der Waals surface area contributed by atoms with Gasteiger partial charge < -0.3 is 0 Å². The summed E-state index contributed by atoms with van der Waals surface area (Å²) in [6.07, 6.45) is 22.5. The maximum Gasteiger partial charge on any atom is 0.194 e. The zero-order valence-corrected chi connectivity index (χ0v) is 19.6. The molecule has 0 aromatic heterocycles. The third-order valence-corrected chi connectivity index (χ3v) is 8.27. The van der Waals surface area contributed by atoms with Gasteiger partial charge >= 0.3 is 0 Å². The van der Waals surface area contributed by atoms with Crippen LogP contribution in [0.5, 0.6) is 0 Å². The Bertz CT molecular complexity index is 617. The van der Waals surface area contributed by atoms with Crippen LogP contribution in [-0.2, 0) is 0 Å². The third kappa shape index (κ3) is 7.53. The second-order valence-corrected chi connectivity index (χ2v) is 10.5. The van der Waals surface area contributed by atoms with E-state index in [-0.39, 0.29) is 5.92 Å². The minimum atomic E-state index is -1.35. The van der Waals surface area contributed by atoms with E-state index in [0.717, 1.165) is 43.4 Å². The zero-order chi connectivity index (χ0) is 22.1. The van der Waals surface area contributed by atoms with Crippen LogP contribution in [0, 0.1) is 35.2 Å². The standard InChI is InChI=1S/C28H43F3/c1-2-3-4-5-6-7-8-9-10-21-11-13-22(14-12-21)23-15-17-24(18-16-23)25-19-26(29)28(31)27(30)20-25/h19-24H,2-18H2,1H3/t21-,22-,23-,24-. The van der Waals surface area contributed by atoms with Gasteiger partial charge in [-0.25, -0.2) is 13.2 Å². The SMILES string of the molecule is CCCCCCCCCC[C@H]1CC[C@H]([C@H]2CC[C@H](c3cc(F)c(F)c(F)c3)CC2)CC1. The topological polar surface area (TPSA) is 0 Å². The van der Waals surface area contributed by atoms with Crippen molar-refractivity contribution in [2.45, 2.75) is 122 Å². The number of unbranched alkanes of at least 4 members (excludes halogenated alkanes) is 7. The van der Waals surface area contributed by atoms with Crippen molar-refractivity contribution < 1.29 is 13.2 Å². The van der Waals surface area contributed by atoms with Crippen LogP contribution in [0.25, 0.3) is 0 Å². The molecule has 2 saturated carbocycles. The number of halogens is 3. The maximum atomic E-state index is 13.6. The Balaban J connectivity index is 1.30. The van der Waals surface area contributed by atoms with Crippen LogP contribution in [0.2, 0.25) is 0 Å². The second kappa shape index (κ2) is 12.9. The molecule has 2 fully saturated rings.